The van der Waals surface area contributed by atoms with Gasteiger partial charge >= 0.3 is 11.9 Å². The topological polar surface area (TPSA) is 140 Å². The molecule has 4 rings (SSSR count). The van der Waals surface area contributed by atoms with Crippen LogP contribution in [0.4, 0.5) is 5.69 Å². The molecule has 9 heteroatoms. The van der Waals surface area contributed by atoms with Crippen LogP contribution in [0.2, 0.25) is 0 Å². The van der Waals surface area contributed by atoms with E-state index in [1.54, 1.807) is 0 Å². The minimum atomic E-state index is -1.34. The minimum absolute atomic E-state index is 0.0108. The number of carbonyl (C=O) groups excluding carboxylic acids is 2. The van der Waals surface area contributed by atoms with Crippen LogP contribution >= 0.6 is 0 Å². The van der Waals surface area contributed by atoms with Crippen molar-refractivity contribution in [3.63, 3.8) is 0 Å². The van der Waals surface area contributed by atoms with Crippen molar-refractivity contribution in [1.29, 1.82) is 0 Å². The monoisotopic (exact) mass is 432 g/mol. The Morgan fingerprint density at radius 2 is 1.94 bits per heavy atom. The number of hydrogen-bond acceptors (Lipinski definition) is 9. The average Bonchev–Trinajstić information content (AvgIpc) is 3.13. The standard InChI is InChI=1S/C22H26NO8/c1-21(11-31-19(26)12-4-6-13(7-5-12)23(28)29)8-3-9-22(2)14-10-30-20(27)15(14)16(24)17(25)18(21)22/h4-7,16-18,24-25,28H,3,8-11H2,1-2H3/q-1. The van der Waals surface area contributed by atoms with E-state index < -0.39 is 40.9 Å². The first-order chi connectivity index (χ1) is 14.6. The molecule has 0 saturated heterocycles. The molecule has 5 atom stereocenters. The van der Waals surface area contributed by atoms with Gasteiger partial charge < -0.3 is 30.1 Å². The van der Waals surface area contributed by atoms with Gasteiger partial charge in [-0.1, -0.05) is 20.3 Å². The molecule has 0 aromatic heterocycles. The van der Waals surface area contributed by atoms with Crippen LogP contribution in [0.5, 0.6) is 0 Å². The number of esters is 2. The molecule has 3 aliphatic rings. The van der Waals surface area contributed by atoms with E-state index in [4.69, 9.17) is 14.7 Å². The van der Waals surface area contributed by atoms with Gasteiger partial charge in [-0.15, -0.1) is 0 Å². The summed E-state index contributed by atoms with van der Waals surface area (Å²) in [5, 5.41) is 41.2. The van der Waals surface area contributed by atoms with Gasteiger partial charge in [0.2, 0.25) is 0 Å². The molecule has 5 unspecified atom stereocenters. The van der Waals surface area contributed by atoms with Crippen molar-refractivity contribution in [2.75, 3.05) is 18.4 Å². The van der Waals surface area contributed by atoms with Gasteiger partial charge in [0.15, 0.2) is 0 Å². The lowest BCUT2D eigenvalue weighted by molar-refractivity contribution is -0.143. The van der Waals surface area contributed by atoms with Crippen LogP contribution in [0.3, 0.4) is 0 Å². The summed E-state index contributed by atoms with van der Waals surface area (Å²) in [5.41, 5.74) is -0.0764. The van der Waals surface area contributed by atoms with Crippen LogP contribution in [0.1, 0.15) is 43.5 Å². The van der Waals surface area contributed by atoms with Crippen molar-refractivity contribution in [3.05, 3.63) is 46.2 Å². The second kappa shape index (κ2) is 7.59. The summed E-state index contributed by atoms with van der Waals surface area (Å²) in [6.07, 6.45) is -0.313. The van der Waals surface area contributed by atoms with Crippen molar-refractivity contribution in [3.8, 4) is 0 Å². The number of anilines is 1. The Bertz CT molecular complexity index is 926. The van der Waals surface area contributed by atoms with Crippen LogP contribution in [-0.2, 0) is 14.3 Å². The van der Waals surface area contributed by atoms with Gasteiger partial charge in [-0.05, 0) is 48.1 Å². The fourth-order valence-electron chi connectivity index (χ4n) is 5.81. The van der Waals surface area contributed by atoms with Crippen LogP contribution in [0.15, 0.2) is 35.4 Å². The third kappa shape index (κ3) is 3.41. The third-order valence-corrected chi connectivity index (χ3v) is 7.28. The Morgan fingerprint density at radius 3 is 2.58 bits per heavy atom. The lowest BCUT2D eigenvalue weighted by Gasteiger charge is -2.57. The molecule has 0 bridgehead atoms. The second-order valence-electron chi connectivity index (χ2n) is 9.20. The number of hydrogen-bond donors (Lipinski definition) is 3. The highest BCUT2D eigenvalue weighted by Crippen LogP contribution is 2.60. The molecule has 1 heterocycles. The van der Waals surface area contributed by atoms with Crippen molar-refractivity contribution < 1.29 is 34.5 Å². The number of fused-ring (bicyclic) bond motifs is 2. The van der Waals surface area contributed by atoms with E-state index in [1.807, 2.05) is 13.8 Å². The lowest BCUT2D eigenvalue weighted by Crippen LogP contribution is -2.59. The zero-order valence-electron chi connectivity index (χ0n) is 17.4. The molecular weight excluding hydrogens is 406 g/mol. The zero-order valence-corrected chi connectivity index (χ0v) is 17.4. The van der Waals surface area contributed by atoms with Gasteiger partial charge in [0.1, 0.15) is 12.7 Å². The summed E-state index contributed by atoms with van der Waals surface area (Å²) in [6.45, 7) is 4.02. The van der Waals surface area contributed by atoms with Gasteiger partial charge in [0, 0.05) is 11.3 Å². The highest BCUT2D eigenvalue weighted by molar-refractivity contribution is 5.94. The van der Waals surface area contributed by atoms with E-state index in [0.717, 1.165) is 18.4 Å². The molecular formula is C22H26NO8-. The molecule has 0 radical (unpaired) electrons. The maximum atomic E-state index is 12.6. The number of ether oxygens (including phenoxy) is 2. The fourth-order valence-corrected chi connectivity index (χ4v) is 5.81. The Morgan fingerprint density at radius 1 is 1.26 bits per heavy atom. The van der Waals surface area contributed by atoms with Crippen LogP contribution in [0, 0.1) is 22.0 Å². The average molecular weight is 432 g/mol. The highest BCUT2D eigenvalue weighted by atomic mass is 16.8. The van der Waals surface area contributed by atoms with Crippen molar-refractivity contribution >= 4 is 17.6 Å². The van der Waals surface area contributed by atoms with Crippen LogP contribution in [0.25, 0.3) is 0 Å². The van der Waals surface area contributed by atoms with Gasteiger partial charge in [0.05, 0.1) is 29.5 Å². The molecule has 1 saturated carbocycles. The largest absolute Gasteiger partial charge is 0.733 e. The van der Waals surface area contributed by atoms with E-state index in [2.05, 4.69) is 0 Å². The van der Waals surface area contributed by atoms with Crippen LogP contribution < -0.4 is 5.23 Å². The molecule has 2 aliphatic carbocycles. The fraction of sp³-hybridized carbons (Fsp3) is 0.545. The lowest BCUT2D eigenvalue weighted by atomic mass is 9.49. The number of carbonyl (C=O) groups is 2. The normalized spacial score (nSPS) is 34.6. The summed E-state index contributed by atoms with van der Waals surface area (Å²) >= 11 is 0. The van der Waals surface area contributed by atoms with E-state index in [1.165, 1.54) is 24.3 Å². The molecule has 31 heavy (non-hydrogen) atoms. The predicted molar refractivity (Wildman–Crippen MR) is 108 cm³/mol. The zero-order chi connectivity index (χ0) is 22.6. The Balaban J connectivity index is 1.57. The second-order valence-corrected chi connectivity index (χ2v) is 9.20. The quantitative estimate of drug-likeness (QED) is 0.481. The minimum Gasteiger partial charge on any atom is -0.733 e. The molecule has 1 aromatic rings. The molecule has 168 valence electrons. The van der Waals surface area contributed by atoms with Gasteiger partial charge in [-0.3, -0.25) is 5.21 Å². The van der Waals surface area contributed by atoms with Gasteiger partial charge in [0.25, 0.3) is 0 Å². The SMILES string of the molecule is CC1(COC(=O)c2ccc(N([O-])O)cc2)CCCC2(C)C3=C(C(=O)OC3)C(O)C(O)C12. The Labute approximate surface area is 179 Å². The molecule has 1 aromatic carbocycles. The summed E-state index contributed by atoms with van der Waals surface area (Å²) in [7, 11) is 0. The molecule has 1 aliphatic heterocycles. The molecule has 9 nitrogen and oxygen atoms in total. The first-order valence-corrected chi connectivity index (χ1v) is 10.3. The third-order valence-electron chi connectivity index (χ3n) is 7.28. The van der Waals surface area contributed by atoms with Crippen molar-refractivity contribution in [2.45, 2.75) is 45.3 Å². The smallest absolute Gasteiger partial charge is 0.338 e. The summed E-state index contributed by atoms with van der Waals surface area (Å²) in [6, 6.07) is 5.36. The first kappa shape index (κ1) is 21.8. The summed E-state index contributed by atoms with van der Waals surface area (Å²) in [5.74, 6) is -1.61. The van der Waals surface area contributed by atoms with E-state index in [-0.39, 0.29) is 35.3 Å². The van der Waals surface area contributed by atoms with Crippen molar-refractivity contribution in [2.24, 2.45) is 16.7 Å². The number of nitrogens with zero attached hydrogens (tertiary/aromatic N) is 1. The van der Waals surface area contributed by atoms with E-state index >= 15 is 0 Å². The summed E-state index contributed by atoms with van der Waals surface area (Å²) in [4.78, 5) is 24.7. The summed E-state index contributed by atoms with van der Waals surface area (Å²) < 4.78 is 10.8. The number of rotatable bonds is 4. The maximum absolute atomic E-state index is 12.6. The maximum Gasteiger partial charge on any atom is 0.338 e. The number of aliphatic hydroxyl groups is 2. The Kier molecular flexibility index (Phi) is 5.33. The van der Waals surface area contributed by atoms with Gasteiger partial charge in [-0.25, -0.2) is 9.59 Å². The number of benzene rings is 1. The van der Waals surface area contributed by atoms with Crippen LogP contribution in [-0.4, -0.2) is 52.8 Å². The van der Waals surface area contributed by atoms with Crippen molar-refractivity contribution in [1.82, 2.24) is 0 Å². The molecule has 0 spiro atoms. The molecule has 1 fully saturated rings. The van der Waals surface area contributed by atoms with Gasteiger partial charge in [-0.2, -0.15) is 0 Å². The number of aliphatic hydroxyl groups excluding tert-OH is 2. The molecule has 0 amide bonds. The number of cyclic esters (lactones) is 1. The Hall–Kier alpha value is -2.46. The molecule has 3 N–H and O–H groups in total. The first-order valence-electron chi connectivity index (χ1n) is 10.3. The van der Waals surface area contributed by atoms with E-state index in [9.17, 15) is 25.0 Å². The predicted octanol–water partition coefficient (Wildman–Crippen LogP) is 1.94. The van der Waals surface area contributed by atoms with E-state index in [0.29, 0.717) is 6.42 Å². The highest BCUT2D eigenvalue weighted by Gasteiger charge is 2.61.